The molecule has 0 saturated carbocycles. The molecule has 0 amide bonds. The number of thioether (sulfide) groups is 1. The smallest absolute Gasteiger partial charge is 0.151 e. The number of hydrogen-bond acceptors (Lipinski definition) is 2. The summed E-state index contributed by atoms with van der Waals surface area (Å²) >= 11 is 1.48. The maximum atomic E-state index is 7.16. The maximum absolute atomic E-state index is 7.16. The average molecular weight is 494 g/mol. The van der Waals surface area contributed by atoms with Crippen LogP contribution < -0.4 is 5.73 Å². The zero-order valence-electron chi connectivity index (χ0n) is 19.7. The van der Waals surface area contributed by atoms with Crippen molar-refractivity contribution in [1.29, 1.82) is 5.41 Å². The summed E-state index contributed by atoms with van der Waals surface area (Å²) in [5.74, 6) is 1.02. The van der Waals surface area contributed by atoms with Crippen molar-refractivity contribution in [3.8, 4) is 0 Å². The van der Waals surface area contributed by atoms with Gasteiger partial charge in [-0.2, -0.15) is 0 Å². The summed E-state index contributed by atoms with van der Waals surface area (Å²) in [5.41, 5.74) is 5.33. The van der Waals surface area contributed by atoms with Crippen molar-refractivity contribution in [3.05, 3.63) is 0 Å². The van der Waals surface area contributed by atoms with Crippen molar-refractivity contribution in [2.75, 3.05) is 5.75 Å². The molecule has 29 heavy (non-hydrogen) atoms. The summed E-state index contributed by atoms with van der Waals surface area (Å²) in [7, 11) is 0. The van der Waals surface area contributed by atoms with E-state index >= 15 is 0 Å². The third-order valence-corrected chi connectivity index (χ3v) is 6.56. The van der Waals surface area contributed by atoms with Gasteiger partial charge in [-0.1, -0.05) is 154 Å². The molecule has 0 rings (SSSR count). The van der Waals surface area contributed by atoms with Crippen molar-refractivity contribution < 1.29 is 0 Å². The van der Waals surface area contributed by atoms with Crippen molar-refractivity contribution >= 4 is 33.9 Å². The highest BCUT2D eigenvalue weighted by Crippen LogP contribution is 2.15. The molecule has 0 heterocycles. The van der Waals surface area contributed by atoms with E-state index in [9.17, 15) is 0 Å². The Hall–Kier alpha value is 0.300. The van der Waals surface area contributed by atoms with Gasteiger partial charge in [-0.15, -0.1) is 17.0 Å². The zero-order valence-corrected chi connectivity index (χ0v) is 22.2. The van der Waals surface area contributed by atoms with Gasteiger partial charge < -0.3 is 5.73 Å². The summed E-state index contributed by atoms with van der Waals surface area (Å²) in [5, 5.41) is 7.43. The van der Waals surface area contributed by atoms with Gasteiger partial charge in [-0.3, -0.25) is 5.41 Å². The van der Waals surface area contributed by atoms with Crippen LogP contribution in [0, 0.1) is 5.41 Å². The highest BCUT2D eigenvalue weighted by atomic mass is 79.9. The Morgan fingerprint density at radius 1 is 0.517 bits per heavy atom. The van der Waals surface area contributed by atoms with Crippen LogP contribution in [-0.4, -0.2) is 10.9 Å². The van der Waals surface area contributed by atoms with E-state index in [1.54, 1.807) is 0 Å². The van der Waals surface area contributed by atoms with E-state index < -0.39 is 0 Å². The van der Waals surface area contributed by atoms with E-state index in [1.807, 2.05) is 0 Å². The van der Waals surface area contributed by atoms with Crippen molar-refractivity contribution in [1.82, 2.24) is 0 Å². The lowest BCUT2D eigenvalue weighted by molar-refractivity contribution is 0.520. The van der Waals surface area contributed by atoms with Crippen LogP contribution in [0.2, 0.25) is 0 Å². The van der Waals surface area contributed by atoms with Crippen LogP contribution in [-0.2, 0) is 0 Å². The number of nitrogens with one attached hydrogen (secondary N) is 1. The van der Waals surface area contributed by atoms with Crippen molar-refractivity contribution in [3.63, 3.8) is 0 Å². The fraction of sp³-hybridized carbons (Fsp3) is 0.960. The predicted molar refractivity (Wildman–Crippen MR) is 142 cm³/mol. The molecular weight excluding hydrogens is 440 g/mol. The predicted octanol–water partition coefficient (Wildman–Crippen LogP) is 9.79. The lowest BCUT2D eigenvalue weighted by Crippen LogP contribution is -2.04. The Balaban J connectivity index is 0. The van der Waals surface area contributed by atoms with Gasteiger partial charge in [0.25, 0.3) is 0 Å². The second-order valence-corrected chi connectivity index (χ2v) is 9.77. The van der Waals surface area contributed by atoms with Gasteiger partial charge in [0, 0.05) is 5.75 Å². The average Bonchev–Trinajstić information content (AvgIpc) is 2.68. The Morgan fingerprint density at radius 2 is 0.759 bits per heavy atom. The molecule has 4 heteroatoms. The molecule has 2 nitrogen and oxygen atoms in total. The largest absolute Gasteiger partial charge is 0.379 e. The van der Waals surface area contributed by atoms with Crippen LogP contribution >= 0.6 is 28.7 Å². The molecule has 0 aliphatic rings. The van der Waals surface area contributed by atoms with Gasteiger partial charge in [-0.05, 0) is 6.42 Å². The second-order valence-electron chi connectivity index (χ2n) is 8.64. The number of hydrogen-bond donors (Lipinski definition) is 2. The summed E-state index contributed by atoms with van der Waals surface area (Å²) in [6, 6.07) is 0. The van der Waals surface area contributed by atoms with Crippen LogP contribution in [0.1, 0.15) is 148 Å². The lowest BCUT2D eigenvalue weighted by Gasteiger charge is -2.04. The Labute approximate surface area is 198 Å². The normalized spacial score (nSPS) is 10.8. The third kappa shape index (κ3) is 30.6. The maximum Gasteiger partial charge on any atom is 0.151 e. The minimum Gasteiger partial charge on any atom is -0.379 e. The highest BCUT2D eigenvalue weighted by Gasteiger charge is 1.96. The van der Waals surface area contributed by atoms with Crippen LogP contribution in [0.15, 0.2) is 0 Å². The van der Waals surface area contributed by atoms with Gasteiger partial charge in [0.15, 0.2) is 5.17 Å². The quantitative estimate of drug-likeness (QED) is 0.0845. The Kier molecular flexibility index (Phi) is 30.7. The molecule has 0 radical (unpaired) electrons. The van der Waals surface area contributed by atoms with Crippen molar-refractivity contribution in [2.24, 2.45) is 5.73 Å². The molecule has 0 bridgehead atoms. The van der Waals surface area contributed by atoms with E-state index in [2.05, 4.69) is 6.92 Å². The van der Waals surface area contributed by atoms with Gasteiger partial charge >= 0.3 is 0 Å². The zero-order chi connectivity index (χ0) is 20.5. The third-order valence-electron chi connectivity index (χ3n) is 5.76. The molecule has 176 valence electrons. The fourth-order valence-electron chi connectivity index (χ4n) is 3.89. The first-order valence-corrected chi connectivity index (χ1v) is 13.7. The minimum absolute atomic E-state index is 0. The Bertz CT molecular complexity index is 313. The van der Waals surface area contributed by atoms with Crippen LogP contribution in [0.4, 0.5) is 0 Å². The molecule has 0 aromatic rings. The second kappa shape index (κ2) is 28.3. The standard InChI is InChI=1S/C25H52N2S.BrH/c1-2-3-4-5-6-7-8-9-10-11-12-13-14-15-16-17-18-19-20-21-22-23-24-28-25(26)27;/h2-24H2,1H3,(H3,26,27);1H. The molecule has 0 fully saturated rings. The van der Waals surface area contributed by atoms with Gasteiger partial charge in [0.05, 0.1) is 0 Å². The molecule has 0 atom stereocenters. The Morgan fingerprint density at radius 3 is 1.00 bits per heavy atom. The van der Waals surface area contributed by atoms with Gasteiger partial charge in [0.2, 0.25) is 0 Å². The number of amidine groups is 1. The molecular formula is C25H53BrN2S. The van der Waals surface area contributed by atoms with Crippen LogP contribution in [0.5, 0.6) is 0 Å². The summed E-state index contributed by atoms with van der Waals surface area (Å²) in [4.78, 5) is 0. The SMILES string of the molecule is Br.CCCCCCCCCCCCCCCCCCCCCCCCSC(=N)N. The molecule has 0 saturated heterocycles. The van der Waals surface area contributed by atoms with Gasteiger partial charge in [0.1, 0.15) is 0 Å². The van der Waals surface area contributed by atoms with E-state index in [4.69, 9.17) is 11.1 Å². The monoisotopic (exact) mass is 492 g/mol. The number of unbranched alkanes of at least 4 members (excludes halogenated alkanes) is 21. The van der Waals surface area contributed by atoms with E-state index in [1.165, 1.54) is 153 Å². The van der Waals surface area contributed by atoms with Crippen LogP contribution in [0.3, 0.4) is 0 Å². The first kappa shape index (κ1) is 31.5. The molecule has 0 aromatic carbocycles. The number of halogens is 1. The first-order chi connectivity index (χ1) is 13.8. The highest BCUT2D eigenvalue weighted by molar-refractivity contribution is 8.93. The molecule has 0 aliphatic heterocycles. The van der Waals surface area contributed by atoms with E-state index in [0.29, 0.717) is 0 Å². The molecule has 0 unspecified atom stereocenters. The lowest BCUT2D eigenvalue weighted by atomic mass is 10.0. The summed E-state index contributed by atoms with van der Waals surface area (Å²) < 4.78 is 0. The fourth-order valence-corrected chi connectivity index (χ4v) is 4.46. The van der Waals surface area contributed by atoms with Crippen LogP contribution in [0.25, 0.3) is 0 Å². The minimum atomic E-state index is 0. The van der Waals surface area contributed by atoms with E-state index in [-0.39, 0.29) is 22.1 Å². The van der Waals surface area contributed by atoms with Gasteiger partial charge in [-0.25, -0.2) is 0 Å². The molecule has 0 spiro atoms. The van der Waals surface area contributed by atoms with Crippen molar-refractivity contribution in [2.45, 2.75) is 148 Å². The number of rotatable bonds is 23. The molecule has 3 N–H and O–H groups in total. The molecule has 0 aliphatic carbocycles. The topological polar surface area (TPSA) is 49.9 Å². The summed E-state index contributed by atoms with van der Waals surface area (Å²) in [6.45, 7) is 2.30. The number of nitrogens with two attached hydrogens (primary N) is 1. The molecule has 0 aromatic heterocycles. The van der Waals surface area contributed by atoms with E-state index in [0.717, 1.165) is 5.75 Å². The first-order valence-electron chi connectivity index (χ1n) is 12.7. The summed E-state index contributed by atoms with van der Waals surface area (Å²) in [6.07, 6.45) is 31.4.